The molecule has 0 spiro atoms. The lowest BCUT2D eigenvalue weighted by molar-refractivity contribution is -0.172. The largest absolute Gasteiger partial charge is 0.464 e. The molecular formula is C15H24N4O6. The van der Waals surface area contributed by atoms with Crippen molar-refractivity contribution in [3.63, 3.8) is 0 Å². The molecule has 0 aliphatic carbocycles. The highest BCUT2D eigenvalue weighted by molar-refractivity contribution is 5.88. The van der Waals surface area contributed by atoms with Gasteiger partial charge in [0, 0.05) is 12.6 Å². The number of amides is 3. The maximum Gasteiger partial charge on any atom is 0.345 e. The van der Waals surface area contributed by atoms with Crippen LogP contribution in [-0.4, -0.2) is 78.9 Å². The summed E-state index contributed by atoms with van der Waals surface area (Å²) in [6.45, 7) is 3.40. The van der Waals surface area contributed by atoms with Gasteiger partial charge in [-0.15, -0.1) is 0 Å². The Morgan fingerprint density at radius 1 is 1.32 bits per heavy atom. The van der Waals surface area contributed by atoms with Gasteiger partial charge >= 0.3 is 12.0 Å². The van der Waals surface area contributed by atoms with Crippen LogP contribution < -0.4 is 10.8 Å². The van der Waals surface area contributed by atoms with E-state index in [1.165, 1.54) is 9.96 Å². The van der Waals surface area contributed by atoms with Crippen molar-refractivity contribution in [2.45, 2.75) is 44.3 Å². The van der Waals surface area contributed by atoms with E-state index in [-0.39, 0.29) is 31.2 Å². The minimum atomic E-state index is -0.589. The average molecular weight is 356 g/mol. The molecule has 2 N–H and O–H groups in total. The zero-order chi connectivity index (χ0) is 17.8. The Kier molecular flexibility index (Phi) is 5.71. The molecule has 3 aliphatic heterocycles. The van der Waals surface area contributed by atoms with Crippen LogP contribution in [0.2, 0.25) is 0 Å². The molecule has 2 bridgehead atoms. The van der Waals surface area contributed by atoms with Crippen molar-refractivity contribution >= 4 is 17.9 Å². The van der Waals surface area contributed by atoms with Crippen LogP contribution in [0.3, 0.4) is 0 Å². The lowest BCUT2D eigenvalue weighted by atomic mass is 10.0. The Bertz CT molecular complexity index is 526. The van der Waals surface area contributed by atoms with Gasteiger partial charge < -0.3 is 15.0 Å². The molecule has 0 aromatic rings. The number of fused-ring (bicyclic) bond motifs is 2. The van der Waals surface area contributed by atoms with Crippen LogP contribution in [0, 0.1) is 0 Å². The molecule has 0 aromatic heterocycles. The summed E-state index contributed by atoms with van der Waals surface area (Å²) in [5.74, 6) is -0.864. The van der Waals surface area contributed by atoms with E-state index in [1.54, 1.807) is 6.92 Å². The maximum atomic E-state index is 12.5. The SMILES string of the molecule is CCOC(=O)CON1C(=O)N2CC1CCC2C(=O)NOC[C@@H]1CCN1. The summed E-state index contributed by atoms with van der Waals surface area (Å²) in [6, 6.07) is -0.885. The number of nitrogens with zero attached hydrogens (tertiary/aromatic N) is 2. The first-order valence-corrected chi connectivity index (χ1v) is 8.63. The van der Waals surface area contributed by atoms with Crippen LogP contribution in [0.5, 0.6) is 0 Å². The predicted octanol–water partition coefficient (Wildman–Crippen LogP) is -0.841. The lowest BCUT2D eigenvalue weighted by Gasteiger charge is -2.30. The third kappa shape index (κ3) is 4.02. The molecule has 3 aliphatic rings. The fourth-order valence-electron chi connectivity index (χ4n) is 3.17. The van der Waals surface area contributed by atoms with E-state index in [9.17, 15) is 14.4 Å². The second-order valence-corrected chi connectivity index (χ2v) is 6.30. The van der Waals surface area contributed by atoms with Crippen LogP contribution in [-0.2, 0) is 24.0 Å². The zero-order valence-corrected chi connectivity index (χ0v) is 14.2. The molecule has 2 unspecified atom stereocenters. The third-order valence-electron chi connectivity index (χ3n) is 4.64. The second kappa shape index (κ2) is 7.98. The summed E-state index contributed by atoms with van der Waals surface area (Å²) in [7, 11) is 0. The summed E-state index contributed by atoms with van der Waals surface area (Å²) < 4.78 is 4.78. The standard InChI is InChI=1S/C15H24N4O6/c1-2-23-13(20)9-25-19-11-3-4-12(18(7-11)15(19)22)14(21)17-24-8-10-5-6-16-10/h10-12,16H,2-9H2,1H3,(H,17,21)/t10-,11?,12?/m0/s1. The summed E-state index contributed by atoms with van der Waals surface area (Å²) >= 11 is 0. The van der Waals surface area contributed by atoms with E-state index < -0.39 is 18.0 Å². The van der Waals surface area contributed by atoms with Crippen molar-refractivity contribution in [2.24, 2.45) is 0 Å². The molecule has 3 fully saturated rings. The number of rotatable bonds is 8. The number of carbonyl (C=O) groups excluding carboxylic acids is 3. The van der Waals surface area contributed by atoms with E-state index in [2.05, 4.69) is 10.8 Å². The number of nitrogens with one attached hydrogen (secondary N) is 2. The highest BCUT2D eigenvalue weighted by Gasteiger charge is 2.48. The topological polar surface area (TPSA) is 109 Å². The zero-order valence-electron chi connectivity index (χ0n) is 14.2. The van der Waals surface area contributed by atoms with Crippen molar-refractivity contribution in [3.05, 3.63) is 0 Å². The van der Waals surface area contributed by atoms with Crippen molar-refractivity contribution < 1.29 is 28.8 Å². The molecular weight excluding hydrogens is 332 g/mol. The number of carbonyl (C=O) groups is 3. The van der Waals surface area contributed by atoms with Gasteiger partial charge in [0.2, 0.25) is 0 Å². The van der Waals surface area contributed by atoms with Gasteiger partial charge in [-0.3, -0.25) is 14.5 Å². The fraction of sp³-hybridized carbons (Fsp3) is 0.800. The highest BCUT2D eigenvalue weighted by Crippen LogP contribution is 2.30. The Morgan fingerprint density at radius 2 is 2.12 bits per heavy atom. The number of piperidine rings is 1. The van der Waals surface area contributed by atoms with Gasteiger partial charge in [0.25, 0.3) is 5.91 Å². The minimum absolute atomic E-state index is 0.161. The molecule has 0 aromatic carbocycles. The monoisotopic (exact) mass is 356 g/mol. The molecule has 25 heavy (non-hydrogen) atoms. The van der Waals surface area contributed by atoms with Gasteiger partial charge in [-0.05, 0) is 32.7 Å². The molecule has 3 amide bonds. The van der Waals surface area contributed by atoms with E-state index >= 15 is 0 Å². The molecule has 3 atom stereocenters. The van der Waals surface area contributed by atoms with Crippen molar-refractivity contribution in [1.82, 2.24) is 20.8 Å². The van der Waals surface area contributed by atoms with Gasteiger partial charge in [0.15, 0.2) is 6.61 Å². The molecule has 3 saturated heterocycles. The Balaban J connectivity index is 1.48. The minimum Gasteiger partial charge on any atom is -0.464 e. The Hall–Kier alpha value is -1.91. The average Bonchev–Trinajstić information content (AvgIpc) is 2.79. The smallest absolute Gasteiger partial charge is 0.345 e. The Morgan fingerprint density at radius 3 is 2.80 bits per heavy atom. The van der Waals surface area contributed by atoms with Gasteiger partial charge in [-0.2, -0.15) is 5.06 Å². The number of esters is 1. The molecule has 0 saturated carbocycles. The van der Waals surface area contributed by atoms with Crippen LogP contribution in [0.4, 0.5) is 4.79 Å². The van der Waals surface area contributed by atoms with E-state index in [4.69, 9.17) is 14.4 Å². The number of urea groups is 1. The van der Waals surface area contributed by atoms with Gasteiger partial charge in [-0.1, -0.05) is 0 Å². The number of hydrogen-bond donors (Lipinski definition) is 2. The third-order valence-corrected chi connectivity index (χ3v) is 4.64. The van der Waals surface area contributed by atoms with Crippen molar-refractivity contribution in [2.75, 3.05) is 32.9 Å². The van der Waals surface area contributed by atoms with Gasteiger partial charge in [0.1, 0.15) is 6.04 Å². The maximum absolute atomic E-state index is 12.5. The van der Waals surface area contributed by atoms with E-state index in [0.29, 0.717) is 26.0 Å². The molecule has 3 rings (SSSR count). The van der Waals surface area contributed by atoms with Crippen molar-refractivity contribution in [1.29, 1.82) is 0 Å². The normalized spacial score (nSPS) is 27.9. The molecule has 3 heterocycles. The summed E-state index contributed by atoms with van der Waals surface area (Å²) in [6.07, 6.45) is 2.16. The predicted molar refractivity (Wildman–Crippen MR) is 83.8 cm³/mol. The first kappa shape index (κ1) is 17.9. The van der Waals surface area contributed by atoms with Crippen LogP contribution in [0.15, 0.2) is 0 Å². The first-order valence-electron chi connectivity index (χ1n) is 8.63. The second-order valence-electron chi connectivity index (χ2n) is 6.30. The first-order chi connectivity index (χ1) is 12.1. The van der Waals surface area contributed by atoms with Gasteiger partial charge in [-0.25, -0.2) is 15.1 Å². The highest BCUT2D eigenvalue weighted by atomic mass is 16.7. The molecule has 10 nitrogen and oxygen atoms in total. The summed E-state index contributed by atoms with van der Waals surface area (Å²) in [5, 5.41) is 4.35. The molecule has 140 valence electrons. The molecule has 0 radical (unpaired) electrons. The van der Waals surface area contributed by atoms with Gasteiger partial charge in [0.05, 0.1) is 19.3 Å². The summed E-state index contributed by atoms with van der Waals surface area (Å²) in [5.41, 5.74) is 2.43. The number of hydroxylamine groups is 3. The summed E-state index contributed by atoms with van der Waals surface area (Å²) in [4.78, 5) is 48.1. The van der Waals surface area contributed by atoms with Crippen LogP contribution >= 0.6 is 0 Å². The number of hydrogen-bond acceptors (Lipinski definition) is 7. The Labute approximate surface area is 145 Å². The molecule has 10 heteroatoms. The fourth-order valence-corrected chi connectivity index (χ4v) is 3.17. The van der Waals surface area contributed by atoms with E-state index in [1.807, 2.05) is 0 Å². The number of ether oxygens (including phenoxy) is 1. The quantitative estimate of drug-likeness (QED) is 0.431. The lowest BCUT2D eigenvalue weighted by Crippen LogP contribution is -2.51. The van der Waals surface area contributed by atoms with Crippen LogP contribution in [0.25, 0.3) is 0 Å². The van der Waals surface area contributed by atoms with Crippen molar-refractivity contribution in [3.8, 4) is 0 Å². The van der Waals surface area contributed by atoms with E-state index in [0.717, 1.165) is 13.0 Å². The van der Waals surface area contributed by atoms with Crippen LogP contribution in [0.1, 0.15) is 26.2 Å².